The van der Waals surface area contributed by atoms with Gasteiger partial charge in [-0.1, -0.05) is 47.4 Å². The predicted molar refractivity (Wildman–Crippen MR) is 90.6 cm³/mol. The van der Waals surface area contributed by atoms with Gasteiger partial charge < -0.3 is 0 Å². The molecule has 3 atom stereocenters. The number of rotatable bonds is 3. The molecule has 1 aliphatic rings. The minimum absolute atomic E-state index is 0.107. The summed E-state index contributed by atoms with van der Waals surface area (Å²) < 4.78 is 0.943. The van der Waals surface area contributed by atoms with Crippen LogP contribution in [0.2, 0.25) is 5.02 Å². The highest BCUT2D eigenvalue weighted by atomic mass is 79.9. The monoisotopic (exact) mass is 378 g/mol. The number of Topliss-reactive ketones (excluding diaryl/α,β-unsaturated/α-hetero) is 1. The summed E-state index contributed by atoms with van der Waals surface area (Å²) in [5.41, 5.74) is 0.923. The zero-order chi connectivity index (χ0) is 14.0. The summed E-state index contributed by atoms with van der Waals surface area (Å²) in [6, 6.07) is 5.70. The van der Waals surface area contributed by atoms with E-state index in [9.17, 15) is 4.79 Å². The predicted octanol–water partition coefficient (Wildman–Crippen LogP) is 4.84. The lowest BCUT2D eigenvalue weighted by molar-refractivity contribution is -0.117. The summed E-state index contributed by atoms with van der Waals surface area (Å²) in [6.07, 6.45) is 0.436. The van der Waals surface area contributed by atoms with E-state index in [-0.39, 0.29) is 5.25 Å². The lowest BCUT2D eigenvalue weighted by atomic mass is 10.1. The SMILES string of the molecule is CC1SCC(C(=O)Cc2ccc(Br)cc2Cl)SC1C. The second-order valence-corrected chi connectivity index (χ2v) is 9.06. The van der Waals surface area contributed by atoms with Gasteiger partial charge in [0, 0.05) is 32.2 Å². The second-order valence-electron chi connectivity index (χ2n) is 4.75. The Kier molecular flexibility index (Phi) is 5.70. The van der Waals surface area contributed by atoms with Crippen LogP contribution in [0.4, 0.5) is 0 Å². The van der Waals surface area contributed by atoms with Gasteiger partial charge in [-0.25, -0.2) is 0 Å². The highest BCUT2D eigenvalue weighted by Crippen LogP contribution is 2.36. The van der Waals surface area contributed by atoms with Crippen molar-refractivity contribution in [1.29, 1.82) is 0 Å². The van der Waals surface area contributed by atoms with Crippen LogP contribution in [-0.2, 0) is 11.2 Å². The molecule has 104 valence electrons. The lowest BCUT2D eigenvalue weighted by Crippen LogP contribution is -2.32. The normalized spacial score (nSPS) is 27.3. The molecule has 0 spiro atoms. The minimum Gasteiger partial charge on any atom is -0.298 e. The number of ketones is 1. The molecule has 0 saturated carbocycles. The molecule has 19 heavy (non-hydrogen) atoms. The lowest BCUT2D eigenvalue weighted by Gasteiger charge is -2.30. The van der Waals surface area contributed by atoms with Gasteiger partial charge in [-0.05, 0) is 17.7 Å². The quantitative estimate of drug-likeness (QED) is 0.748. The number of hydrogen-bond donors (Lipinski definition) is 0. The third-order valence-corrected chi connectivity index (χ3v) is 7.57. The van der Waals surface area contributed by atoms with Crippen molar-refractivity contribution >= 4 is 56.8 Å². The van der Waals surface area contributed by atoms with E-state index in [2.05, 4.69) is 29.8 Å². The first-order chi connectivity index (χ1) is 8.97. The molecule has 1 aromatic carbocycles. The van der Waals surface area contributed by atoms with E-state index in [1.807, 2.05) is 41.7 Å². The Morgan fingerprint density at radius 2 is 2.16 bits per heavy atom. The number of carbonyl (C=O) groups is 1. The summed E-state index contributed by atoms with van der Waals surface area (Å²) >= 11 is 13.3. The largest absolute Gasteiger partial charge is 0.298 e. The van der Waals surface area contributed by atoms with Crippen LogP contribution in [0.25, 0.3) is 0 Å². The van der Waals surface area contributed by atoms with E-state index >= 15 is 0 Å². The van der Waals surface area contributed by atoms with Gasteiger partial charge in [0.05, 0.1) is 5.25 Å². The maximum absolute atomic E-state index is 12.4. The number of carbonyl (C=O) groups excluding carboxylic acids is 1. The number of benzene rings is 1. The second kappa shape index (κ2) is 6.88. The van der Waals surface area contributed by atoms with Gasteiger partial charge in [-0.15, -0.1) is 11.8 Å². The summed E-state index contributed by atoms with van der Waals surface area (Å²) in [5, 5.41) is 1.94. The van der Waals surface area contributed by atoms with Crippen LogP contribution in [0.15, 0.2) is 22.7 Å². The van der Waals surface area contributed by atoms with Crippen LogP contribution in [0.3, 0.4) is 0 Å². The zero-order valence-corrected chi connectivity index (χ0v) is 14.8. The molecular formula is C14H16BrClOS2. The van der Waals surface area contributed by atoms with Gasteiger partial charge in [-0.3, -0.25) is 4.79 Å². The highest BCUT2D eigenvalue weighted by Gasteiger charge is 2.30. The fourth-order valence-electron chi connectivity index (χ4n) is 1.92. The van der Waals surface area contributed by atoms with Crippen LogP contribution in [0.1, 0.15) is 19.4 Å². The van der Waals surface area contributed by atoms with Gasteiger partial charge in [0.2, 0.25) is 0 Å². The van der Waals surface area contributed by atoms with E-state index in [1.165, 1.54) is 0 Å². The van der Waals surface area contributed by atoms with Crippen molar-refractivity contribution in [3.63, 3.8) is 0 Å². The first-order valence-corrected chi connectivity index (χ1v) is 9.37. The fourth-order valence-corrected chi connectivity index (χ4v) is 5.55. The van der Waals surface area contributed by atoms with E-state index in [1.54, 1.807) is 0 Å². The summed E-state index contributed by atoms with van der Waals surface area (Å²) in [5.74, 6) is 1.21. The molecule has 0 bridgehead atoms. The van der Waals surface area contributed by atoms with Crippen molar-refractivity contribution in [2.45, 2.75) is 36.0 Å². The van der Waals surface area contributed by atoms with E-state index in [0.29, 0.717) is 27.7 Å². The zero-order valence-electron chi connectivity index (χ0n) is 10.9. The van der Waals surface area contributed by atoms with E-state index < -0.39 is 0 Å². The first-order valence-electron chi connectivity index (χ1n) is 6.21. The van der Waals surface area contributed by atoms with Crippen LogP contribution in [-0.4, -0.2) is 27.3 Å². The van der Waals surface area contributed by atoms with Crippen molar-refractivity contribution < 1.29 is 4.79 Å². The topological polar surface area (TPSA) is 17.1 Å². The molecule has 1 fully saturated rings. The smallest absolute Gasteiger partial charge is 0.151 e. The number of hydrogen-bond acceptors (Lipinski definition) is 3. The average molecular weight is 380 g/mol. The molecule has 0 amide bonds. The Balaban J connectivity index is 2.01. The Labute approximate surface area is 136 Å². The molecule has 1 aliphatic heterocycles. The molecule has 2 rings (SSSR count). The van der Waals surface area contributed by atoms with Gasteiger partial charge in [0.1, 0.15) is 0 Å². The van der Waals surface area contributed by atoms with Crippen molar-refractivity contribution in [3.05, 3.63) is 33.3 Å². The van der Waals surface area contributed by atoms with Gasteiger partial charge in [-0.2, -0.15) is 11.8 Å². The molecule has 1 nitrogen and oxygen atoms in total. The molecule has 1 saturated heterocycles. The van der Waals surface area contributed by atoms with Crippen LogP contribution in [0, 0.1) is 0 Å². The molecule has 0 N–H and O–H groups in total. The number of thioether (sulfide) groups is 2. The molecule has 1 heterocycles. The van der Waals surface area contributed by atoms with Crippen molar-refractivity contribution in [1.82, 2.24) is 0 Å². The van der Waals surface area contributed by atoms with Gasteiger partial charge in [0.15, 0.2) is 5.78 Å². The molecule has 1 aromatic rings. The molecular weight excluding hydrogens is 364 g/mol. The summed E-state index contributed by atoms with van der Waals surface area (Å²) in [6.45, 7) is 4.43. The van der Waals surface area contributed by atoms with E-state index in [4.69, 9.17) is 11.6 Å². The van der Waals surface area contributed by atoms with Gasteiger partial charge in [0.25, 0.3) is 0 Å². The standard InChI is InChI=1S/C14H16BrClOS2/c1-8-9(2)19-14(7-18-8)13(17)5-10-3-4-11(15)6-12(10)16/h3-4,6,8-9,14H,5,7H2,1-2H3. The van der Waals surface area contributed by atoms with Crippen molar-refractivity contribution in [2.24, 2.45) is 0 Å². The molecule has 5 heteroatoms. The third-order valence-electron chi connectivity index (χ3n) is 3.29. The Morgan fingerprint density at radius 1 is 1.42 bits per heavy atom. The average Bonchev–Trinajstić information content (AvgIpc) is 2.36. The Morgan fingerprint density at radius 3 is 2.79 bits per heavy atom. The molecule has 0 radical (unpaired) electrons. The first kappa shape index (κ1) is 15.7. The summed E-state index contributed by atoms with van der Waals surface area (Å²) in [7, 11) is 0. The van der Waals surface area contributed by atoms with Gasteiger partial charge >= 0.3 is 0 Å². The summed E-state index contributed by atoms with van der Waals surface area (Å²) in [4.78, 5) is 12.4. The fraction of sp³-hybridized carbons (Fsp3) is 0.500. The van der Waals surface area contributed by atoms with Crippen molar-refractivity contribution in [2.75, 3.05) is 5.75 Å². The van der Waals surface area contributed by atoms with Crippen molar-refractivity contribution in [3.8, 4) is 0 Å². The van der Waals surface area contributed by atoms with E-state index in [0.717, 1.165) is 15.8 Å². The third kappa shape index (κ3) is 4.16. The molecule has 0 aliphatic carbocycles. The van der Waals surface area contributed by atoms with Crippen LogP contribution < -0.4 is 0 Å². The Bertz CT molecular complexity index is 481. The minimum atomic E-state index is 0.107. The maximum Gasteiger partial charge on any atom is 0.151 e. The highest BCUT2D eigenvalue weighted by molar-refractivity contribution is 9.10. The number of halogens is 2. The molecule has 3 unspecified atom stereocenters. The van der Waals surface area contributed by atoms with Crippen LogP contribution >= 0.6 is 51.1 Å². The molecule has 0 aromatic heterocycles. The Hall–Kier alpha value is 0.360. The maximum atomic E-state index is 12.4. The van der Waals surface area contributed by atoms with Crippen LogP contribution in [0.5, 0.6) is 0 Å².